The normalized spacial score (nSPS) is 18.6. The molecule has 1 aliphatic rings. The van der Waals surface area contributed by atoms with Crippen molar-refractivity contribution >= 4 is 0 Å². The molecule has 2 rings (SSSR count). The molecule has 1 aromatic rings. The van der Waals surface area contributed by atoms with Gasteiger partial charge in [0.15, 0.2) is 11.5 Å². The molecular weight excluding hydrogens is 221 g/mol. The van der Waals surface area contributed by atoms with Gasteiger partial charge >= 0.3 is 0 Å². The highest BCUT2D eigenvalue weighted by molar-refractivity contribution is 5.52. The smallest absolute Gasteiger partial charge is 0.166 e. The number of hydrogen-bond acceptors (Lipinski definition) is 3. The fourth-order valence-corrected chi connectivity index (χ4v) is 2.00. The summed E-state index contributed by atoms with van der Waals surface area (Å²) in [4.78, 5) is 0. The summed E-state index contributed by atoms with van der Waals surface area (Å²) >= 11 is 0. The SMILES string of the molecule is COc1cc(C2(N)CC2)cc(C(C)F)c1OC. The van der Waals surface area contributed by atoms with E-state index < -0.39 is 6.17 Å². The summed E-state index contributed by atoms with van der Waals surface area (Å²) in [6, 6.07) is 3.64. The van der Waals surface area contributed by atoms with Crippen molar-refractivity contribution in [2.75, 3.05) is 14.2 Å². The summed E-state index contributed by atoms with van der Waals surface area (Å²) < 4.78 is 24.1. The standard InChI is InChI=1S/C13H18FNO2/c1-8(14)10-6-9(13(15)4-5-13)7-11(16-2)12(10)17-3/h6-8H,4-5,15H2,1-3H3. The predicted octanol–water partition coefficient (Wildman–Crippen LogP) is 2.68. The monoisotopic (exact) mass is 239 g/mol. The molecule has 1 aliphatic carbocycles. The Balaban J connectivity index is 2.55. The van der Waals surface area contributed by atoms with Crippen LogP contribution in [0.1, 0.15) is 37.1 Å². The second-order valence-electron chi connectivity index (χ2n) is 4.57. The van der Waals surface area contributed by atoms with Crippen LogP contribution in [0.25, 0.3) is 0 Å². The van der Waals surface area contributed by atoms with Gasteiger partial charge in [0.05, 0.1) is 14.2 Å². The lowest BCUT2D eigenvalue weighted by molar-refractivity contribution is 0.323. The number of ether oxygens (including phenoxy) is 2. The van der Waals surface area contributed by atoms with E-state index in [1.165, 1.54) is 14.0 Å². The van der Waals surface area contributed by atoms with Crippen molar-refractivity contribution < 1.29 is 13.9 Å². The average molecular weight is 239 g/mol. The van der Waals surface area contributed by atoms with Crippen LogP contribution in [-0.4, -0.2) is 14.2 Å². The minimum atomic E-state index is -1.11. The van der Waals surface area contributed by atoms with Gasteiger partial charge in [0.25, 0.3) is 0 Å². The Hall–Kier alpha value is -1.29. The Labute approximate surface area is 101 Å². The topological polar surface area (TPSA) is 44.5 Å². The summed E-state index contributed by atoms with van der Waals surface area (Å²) in [6.45, 7) is 1.48. The largest absolute Gasteiger partial charge is 0.493 e. The van der Waals surface area contributed by atoms with E-state index in [4.69, 9.17) is 15.2 Å². The zero-order valence-electron chi connectivity index (χ0n) is 10.4. The van der Waals surface area contributed by atoms with Crippen LogP contribution < -0.4 is 15.2 Å². The number of benzene rings is 1. The molecule has 0 heterocycles. The second kappa shape index (κ2) is 4.18. The maximum absolute atomic E-state index is 13.6. The molecule has 0 spiro atoms. The third-order valence-electron chi connectivity index (χ3n) is 3.30. The lowest BCUT2D eigenvalue weighted by atomic mass is 9.99. The summed E-state index contributed by atoms with van der Waals surface area (Å²) in [6.07, 6.45) is 0.756. The molecule has 94 valence electrons. The molecule has 4 heteroatoms. The fourth-order valence-electron chi connectivity index (χ4n) is 2.00. The maximum Gasteiger partial charge on any atom is 0.166 e. The molecule has 1 aromatic carbocycles. The molecule has 1 unspecified atom stereocenters. The summed E-state index contributed by atoms with van der Waals surface area (Å²) in [5, 5.41) is 0. The van der Waals surface area contributed by atoms with Gasteiger partial charge in [-0.1, -0.05) is 0 Å². The maximum atomic E-state index is 13.6. The zero-order chi connectivity index (χ0) is 12.6. The number of rotatable bonds is 4. The van der Waals surface area contributed by atoms with Crippen molar-refractivity contribution in [3.8, 4) is 11.5 Å². The van der Waals surface area contributed by atoms with Crippen molar-refractivity contribution in [3.05, 3.63) is 23.3 Å². The third-order valence-corrected chi connectivity index (χ3v) is 3.30. The molecular formula is C13H18FNO2. The fraction of sp³-hybridized carbons (Fsp3) is 0.538. The van der Waals surface area contributed by atoms with E-state index in [-0.39, 0.29) is 5.54 Å². The van der Waals surface area contributed by atoms with E-state index in [1.54, 1.807) is 13.2 Å². The zero-order valence-corrected chi connectivity index (χ0v) is 10.4. The number of hydrogen-bond donors (Lipinski definition) is 1. The summed E-state index contributed by atoms with van der Waals surface area (Å²) in [5.41, 5.74) is 7.26. The Kier molecular flexibility index (Phi) is 3.00. The lowest BCUT2D eigenvalue weighted by Crippen LogP contribution is -2.19. The molecule has 1 atom stereocenters. The van der Waals surface area contributed by atoms with Crippen molar-refractivity contribution in [1.82, 2.24) is 0 Å². The van der Waals surface area contributed by atoms with E-state index in [9.17, 15) is 4.39 Å². The number of methoxy groups -OCH3 is 2. The summed E-state index contributed by atoms with van der Waals surface area (Å²) in [5.74, 6) is 0.997. The van der Waals surface area contributed by atoms with Gasteiger partial charge in [0.2, 0.25) is 0 Å². The van der Waals surface area contributed by atoms with Crippen molar-refractivity contribution in [2.24, 2.45) is 5.73 Å². The van der Waals surface area contributed by atoms with Gasteiger partial charge in [-0.15, -0.1) is 0 Å². The van der Waals surface area contributed by atoms with Crippen LogP contribution >= 0.6 is 0 Å². The first-order valence-electron chi connectivity index (χ1n) is 5.71. The molecule has 0 saturated heterocycles. The van der Waals surface area contributed by atoms with Crippen molar-refractivity contribution in [2.45, 2.75) is 31.5 Å². The molecule has 0 bridgehead atoms. The quantitative estimate of drug-likeness (QED) is 0.878. The van der Waals surface area contributed by atoms with Gasteiger partial charge in [-0.2, -0.15) is 0 Å². The van der Waals surface area contributed by atoms with Gasteiger partial charge in [0, 0.05) is 11.1 Å². The highest BCUT2D eigenvalue weighted by Crippen LogP contribution is 2.47. The average Bonchev–Trinajstić information content (AvgIpc) is 3.06. The number of alkyl halides is 1. The van der Waals surface area contributed by atoms with E-state index >= 15 is 0 Å². The van der Waals surface area contributed by atoms with Gasteiger partial charge in [0.1, 0.15) is 6.17 Å². The predicted molar refractivity (Wildman–Crippen MR) is 64.2 cm³/mol. The highest BCUT2D eigenvalue weighted by Gasteiger charge is 2.41. The molecule has 0 aliphatic heterocycles. The second-order valence-corrected chi connectivity index (χ2v) is 4.57. The number of halogens is 1. The van der Waals surface area contributed by atoms with Crippen LogP contribution in [0.4, 0.5) is 4.39 Å². The van der Waals surface area contributed by atoms with Gasteiger partial charge in [-0.25, -0.2) is 4.39 Å². The van der Waals surface area contributed by atoms with Crippen LogP contribution in [0, 0.1) is 0 Å². The minimum absolute atomic E-state index is 0.302. The van der Waals surface area contributed by atoms with Gasteiger partial charge in [-0.3, -0.25) is 0 Å². The summed E-state index contributed by atoms with van der Waals surface area (Å²) in [7, 11) is 3.06. The molecule has 0 aromatic heterocycles. The van der Waals surface area contributed by atoms with Crippen molar-refractivity contribution in [1.29, 1.82) is 0 Å². The first-order valence-corrected chi connectivity index (χ1v) is 5.71. The molecule has 1 fully saturated rings. The van der Waals surface area contributed by atoms with Crippen LogP contribution in [0.15, 0.2) is 12.1 Å². The molecule has 17 heavy (non-hydrogen) atoms. The first kappa shape index (κ1) is 12.2. The van der Waals surface area contributed by atoms with Crippen LogP contribution in [0.3, 0.4) is 0 Å². The van der Waals surface area contributed by atoms with Crippen LogP contribution in [0.5, 0.6) is 11.5 Å². The highest BCUT2D eigenvalue weighted by atomic mass is 19.1. The van der Waals surface area contributed by atoms with Crippen molar-refractivity contribution in [3.63, 3.8) is 0 Å². The van der Waals surface area contributed by atoms with Crippen LogP contribution in [0.2, 0.25) is 0 Å². The molecule has 0 amide bonds. The Morgan fingerprint density at radius 2 is 1.94 bits per heavy atom. The molecule has 0 radical (unpaired) electrons. The Bertz CT molecular complexity index is 428. The molecule has 3 nitrogen and oxygen atoms in total. The van der Waals surface area contributed by atoms with Gasteiger partial charge < -0.3 is 15.2 Å². The van der Waals surface area contributed by atoms with E-state index in [0.29, 0.717) is 17.1 Å². The molecule has 1 saturated carbocycles. The number of nitrogens with two attached hydrogens (primary N) is 1. The van der Waals surface area contributed by atoms with E-state index in [1.807, 2.05) is 6.07 Å². The van der Waals surface area contributed by atoms with E-state index in [0.717, 1.165) is 18.4 Å². The Morgan fingerprint density at radius 1 is 1.29 bits per heavy atom. The minimum Gasteiger partial charge on any atom is -0.493 e. The first-order chi connectivity index (χ1) is 8.01. The Morgan fingerprint density at radius 3 is 2.35 bits per heavy atom. The third kappa shape index (κ3) is 2.09. The van der Waals surface area contributed by atoms with E-state index in [2.05, 4.69) is 0 Å². The van der Waals surface area contributed by atoms with Crippen LogP contribution in [-0.2, 0) is 5.54 Å². The molecule has 2 N–H and O–H groups in total. The lowest BCUT2D eigenvalue weighted by Gasteiger charge is -2.18. The van der Waals surface area contributed by atoms with Gasteiger partial charge in [-0.05, 0) is 37.5 Å².